The van der Waals surface area contributed by atoms with E-state index in [-0.39, 0.29) is 5.91 Å². The molecular formula is C28H25ClN10O. The van der Waals surface area contributed by atoms with Gasteiger partial charge in [-0.05, 0) is 29.8 Å². The van der Waals surface area contributed by atoms with E-state index in [1.54, 1.807) is 57.0 Å². The molecule has 5 heterocycles. The van der Waals surface area contributed by atoms with Gasteiger partial charge in [-0.25, -0.2) is 14.5 Å². The van der Waals surface area contributed by atoms with Crippen LogP contribution < -0.4 is 10.6 Å². The van der Waals surface area contributed by atoms with Gasteiger partial charge >= 0.3 is 0 Å². The number of halogens is 1. The first-order valence-electron chi connectivity index (χ1n) is 12.7. The summed E-state index contributed by atoms with van der Waals surface area (Å²) in [5.41, 5.74) is 10.9. The molecule has 2 N–H and O–H groups in total. The molecule has 1 unspecified atom stereocenters. The average molecular weight is 553 g/mol. The van der Waals surface area contributed by atoms with E-state index >= 15 is 0 Å². The molecule has 1 fully saturated rings. The number of hydrogen-bond donors (Lipinski definition) is 1. The van der Waals surface area contributed by atoms with Crippen LogP contribution in [0.1, 0.15) is 17.2 Å². The van der Waals surface area contributed by atoms with Crippen molar-refractivity contribution in [1.29, 1.82) is 5.26 Å². The Morgan fingerprint density at radius 2 is 1.77 bits per heavy atom. The molecule has 1 aliphatic rings. The van der Waals surface area contributed by atoms with E-state index in [0.29, 0.717) is 53.7 Å². The normalized spacial score (nSPS) is 14.3. The van der Waals surface area contributed by atoms with Crippen LogP contribution in [-0.4, -0.2) is 66.3 Å². The van der Waals surface area contributed by atoms with E-state index in [2.05, 4.69) is 21.2 Å². The maximum atomic E-state index is 13.0. The van der Waals surface area contributed by atoms with Crippen LogP contribution in [0.2, 0.25) is 5.02 Å². The highest BCUT2D eigenvalue weighted by Crippen LogP contribution is 2.29. The zero-order valence-electron chi connectivity index (χ0n) is 21.6. The first-order valence-corrected chi connectivity index (χ1v) is 13.1. The number of pyridine rings is 1. The zero-order valence-corrected chi connectivity index (χ0v) is 22.4. The van der Waals surface area contributed by atoms with Crippen molar-refractivity contribution in [1.82, 2.24) is 34.3 Å². The number of carbonyl (C=O) groups excluding carboxylic acids is 1. The minimum atomic E-state index is -0.727. The topological polar surface area (TPSA) is 134 Å². The van der Waals surface area contributed by atoms with Gasteiger partial charge in [0.1, 0.15) is 29.0 Å². The Kier molecular flexibility index (Phi) is 6.63. The molecule has 11 nitrogen and oxygen atoms in total. The summed E-state index contributed by atoms with van der Waals surface area (Å²) in [4.78, 5) is 26.5. The first-order chi connectivity index (χ1) is 19.4. The Balaban J connectivity index is 1.20. The summed E-state index contributed by atoms with van der Waals surface area (Å²) in [6.07, 6.45) is 8.70. The molecular weight excluding hydrogens is 528 g/mol. The molecule has 0 saturated carbocycles. The number of aromatic nitrogens is 6. The summed E-state index contributed by atoms with van der Waals surface area (Å²) in [6.45, 7) is 2.34. The second kappa shape index (κ2) is 10.4. The largest absolute Gasteiger partial charge is 0.353 e. The molecule has 0 bridgehead atoms. The fourth-order valence-corrected chi connectivity index (χ4v) is 4.99. The molecule has 1 aromatic carbocycles. The molecule has 0 radical (unpaired) electrons. The van der Waals surface area contributed by atoms with Crippen molar-refractivity contribution in [3.63, 3.8) is 0 Å². The SMILES string of the molecule is Cn1cc(-c2cn3ncc(C#N)c3c(-c3ccc(N4CCN(C(=O)C(N)c5ccc(Cl)cc5)CC4)nc3)n2)cn1. The Morgan fingerprint density at radius 3 is 2.42 bits per heavy atom. The number of fused-ring (bicyclic) bond motifs is 1. The fourth-order valence-electron chi connectivity index (χ4n) is 4.87. The quantitative estimate of drug-likeness (QED) is 0.351. The van der Waals surface area contributed by atoms with Gasteiger partial charge in [-0.2, -0.15) is 15.5 Å². The standard InChI is InChI=1S/C28H25ClN10O/c1-36-16-21(15-33-36)23-17-39-27(20(12-30)14-34-39)26(35-23)19-4-7-24(32-13-19)37-8-10-38(11-9-37)28(40)25(31)18-2-5-22(29)6-3-18/h2-7,13-17,25H,8-11,31H2,1H3. The lowest BCUT2D eigenvalue weighted by Crippen LogP contribution is -2.51. The van der Waals surface area contributed by atoms with Crippen molar-refractivity contribution < 1.29 is 4.79 Å². The van der Waals surface area contributed by atoms with Gasteiger partial charge in [0, 0.05) is 61.8 Å². The number of anilines is 1. The molecule has 1 saturated heterocycles. The van der Waals surface area contributed by atoms with E-state index in [1.165, 1.54) is 6.20 Å². The molecule has 12 heteroatoms. The van der Waals surface area contributed by atoms with Crippen LogP contribution in [0.25, 0.3) is 28.0 Å². The van der Waals surface area contributed by atoms with Crippen LogP contribution in [0.3, 0.4) is 0 Å². The maximum absolute atomic E-state index is 13.0. The lowest BCUT2D eigenvalue weighted by Gasteiger charge is -2.36. The molecule has 5 aromatic rings. The maximum Gasteiger partial charge on any atom is 0.244 e. The van der Waals surface area contributed by atoms with Crippen LogP contribution in [-0.2, 0) is 11.8 Å². The number of piperazine rings is 1. The first kappa shape index (κ1) is 25.5. The number of rotatable bonds is 5. The second-order valence-corrected chi connectivity index (χ2v) is 10.0. The summed E-state index contributed by atoms with van der Waals surface area (Å²) in [7, 11) is 1.84. The monoisotopic (exact) mass is 552 g/mol. The third kappa shape index (κ3) is 4.75. The molecule has 40 heavy (non-hydrogen) atoms. The number of nitrogens with two attached hydrogens (primary N) is 1. The van der Waals surface area contributed by atoms with Crippen molar-refractivity contribution in [2.24, 2.45) is 12.8 Å². The van der Waals surface area contributed by atoms with Crippen molar-refractivity contribution in [2.75, 3.05) is 31.1 Å². The van der Waals surface area contributed by atoms with Crippen LogP contribution >= 0.6 is 11.6 Å². The van der Waals surface area contributed by atoms with Crippen molar-refractivity contribution >= 4 is 28.8 Å². The average Bonchev–Trinajstić information content (AvgIpc) is 3.62. The molecule has 0 aliphatic carbocycles. The second-order valence-electron chi connectivity index (χ2n) is 9.59. The molecule has 1 atom stereocenters. The molecule has 0 spiro atoms. The number of carbonyl (C=O) groups is 1. The highest BCUT2D eigenvalue weighted by atomic mass is 35.5. The smallest absolute Gasteiger partial charge is 0.244 e. The lowest BCUT2D eigenvalue weighted by atomic mass is 10.1. The van der Waals surface area contributed by atoms with E-state index < -0.39 is 6.04 Å². The van der Waals surface area contributed by atoms with Gasteiger partial charge in [0.2, 0.25) is 5.91 Å². The van der Waals surface area contributed by atoms with Crippen molar-refractivity contribution in [3.8, 4) is 28.6 Å². The molecule has 1 amide bonds. The van der Waals surface area contributed by atoms with Gasteiger partial charge in [0.05, 0.1) is 30.0 Å². The van der Waals surface area contributed by atoms with Crippen LogP contribution in [0.5, 0.6) is 0 Å². The Morgan fingerprint density at radius 1 is 1.00 bits per heavy atom. The zero-order chi connectivity index (χ0) is 27.8. The predicted molar refractivity (Wildman–Crippen MR) is 150 cm³/mol. The highest BCUT2D eigenvalue weighted by Gasteiger charge is 2.27. The van der Waals surface area contributed by atoms with Crippen LogP contribution in [0.4, 0.5) is 5.82 Å². The number of amides is 1. The minimum Gasteiger partial charge on any atom is -0.353 e. The van der Waals surface area contributed by atoms with E-state index in [4.69, 9.17) is 27.3 Å². The van der Waals surface area contributed by atoms with Crippen molar-refractivity contribution in [2.45, 2.75) is 6.04 Å². The number of nitrogens with zero attached hydrogens (tertiary/aromatic N) is 9. The van der Waals surface area contributed by atoms with Gasteiger partial charge in [0.25, 0.3) is 0 Å². The summed E-state index contributed by atoms with van der Waals surface area (Å²) >= 11 is 5.96. The molecule has 6 rings (SSSR count). The Hall–Kier alpha value is -4.79. The van der Waals surface area contributed by atoms with Gasteiger partial charge in [0.15, 0.2) is 0 Å². The van der Waals surface area contributed by atoms with E-state index in [9.17, 15) is 10.1 Å². The highest BCUT2D eigenvalue weighted by molar-refractivity contribution is 6.30. The van der Waals surface area contributed by atoms with E-state index in [0.717, 1.165) is 22.5 Å². The van der Waals surface area contributed by atoms with Crippen LogP contribution in [0, 0.1) is 11.3 Å². The lowest BCUT2D eigenvalue weighted by molar-refractivity contribution is -0.133. The van der Waals surface area contributed by atoms with Gasteiger partial charge in [-0.3, -0.25) is 9.48 Å². The molecule has 4 aromatic heterocycles. The van der Waals surface area contributed by atoms with Gasteiger partial charge in [-0.1, -0.05) is 23.7 Å². The third-order valence-electron chi connectivity index (χ3n) is 7.05. The van der Waals surface area contributed by atoms with Gasteiger partial charge < -0.3 is 15.5 Å². The number of aryl methyl sites for hydroxylation is 1. The van der Waals surface area contributed by atoms with Crippen LogP contribution in [0.15, 0.2) is 67.4 Å². The van der Waals surface area contributed by atoms with Crippen molar-refractivity contribution in [3.05, 3.63) is 83.5 Å². The summed E-state index contributed by atoms with van der Waals surface area (Å²) in [5, 5.41) is 18.9. The van der Waals surface area contributed by atoms with E-state index in [1.807, 2.05) is 25.4 Å². The Bertz CT molecular complexity index is 1730. The number of hydrogen-bond acceptors (Lipinski definition) is 8. The predicted octanol–water partition coefficient (Wildman–Crippen LogP) is 3.07. The third-order valence-corrected chi connectivity index (χ3v) is 7.30. The number of benzene rings is 1. The summed E-state index contributed by atoms with van der Waals surface area (Å²) in [5.74, 6) is 0.689. The summed E-state index contributed by atoms with van der Waals surface area (Å²) < 4.78 is 3.38. The molecule has 1 aliphatic heterocycles. The summed E-state index contributed by atoms with van der Waals surface area (Å²) in [6, 6.07) is 12.4. The minimum absolute atomic E-state index is 0.108. The fraction of sp³-hybridized carbons (Fsp3) is 0.214. The van der Waals surface area contributed by atoms with Gasteiger partial charge in [-0.15, -0.1) is 0 Å². The Labute approximate surface area is 235 Å². The molecule has 200 valence electrons. The number of nitriles is 1.